The molecule has 0 bridgehead atoms. The van der Waals surface area contributed by atoms with Crippen LogP contribution in [-0.4, -0.2) is 16.8 Å². The summed E-state index contributed by atoms with van der Waals surface area (Å²) in [6, 6.07) is 46.2. The average molecular weight is 663 g/mol. The Bertz CT molecular complexity index is 2980. The van der Waals surface area contributed by atoms with Crippen molar-refractivity contribution in [3.63, 3.8) is 0 Å². The standard InChI is InChI=1S/C49H35BN2/c1-48(2)35-20-9-7-15-27(35)45-41(48)30-18-11-17-29(44(30)51-45)40-39-33-23-32(33)25-13-5-6-14-26(25)34(39)24-38-43(40)50-37-22-12-19-31-42-47(52(38)46(31)37)28-16-8-10-21-36(28)49(42,3)4/h6-12,14-22,24,32-33,50-51H,23H2,1-4H3/t32?,33-/m0/s1. The van der Waals surface area contributed by atoms with Crippen LogP contribution in [0.3, 0.4) is 0 Å². The molecule has 244 valence electrons. The second-order valence-electron chi connectivity index (χ2n) is 17.1. The molecule has 52 heavy (non-hydrogen) atoms. The number of hydrogen-bond acceptors (Lipinski definition) is 0. The summed E-state index contributed by atoms with van der Waals surface area (Å²) >= 11 is 0. The second kappa shape index (κ2) is 8.83. The summed E-state index contributed by atoms with van der Waals surface area (Å²) in [5.41, 5.74) is 26.2. The molecule has 8 aromatic rings. The van der Waals surface area contributed by atoms with Crippen LogP contribution in [0.25, 0.3) is 72.3 Å². The lowest BCUT2D eigenvalue weighted by molar-refractivity contribution is 0.666. The lowest BCUT2D eigenvalue weighted by atomic mass is 9.57. The monoisotopic (exact) mass is 662 g/mol. The van der Waals surface area contributed by atoms with Gasteiger partial charge in [0.05, 0.1) is 16.9 Å². The summed E-state index contributed by atoms with van der Waals surface area (Å²) in [5, 5.41) is 2.75. The summed E-state index contributed by atoms with van der Waals surface area (Å²) in [7, 11) is 0.921. The van der Waals surface area contributed by atoms with E-state index in [9.17, 15) is 0 Å². The van der Waals surface area contributed by atoms with Crippen molar-refractivity contribution in [1.82, 2.24) is 9.55 Å². The Labute approximate surface area is 304 Å². The van der Waals surface area contributed by atoms with Crippen molar-refractivity contribution in [2.75, 3.05) is 0 Å². The van der Waals surface area contributed by atoms with Crippen LogP contribution in [-0.2, 0) is 10.8 Å². The van der Waals surface area contributed by atoms with Crippen LogP contribution in [0.4, 0.5) is 0 Å². The van der Waals surface area contributed by atoms with Crippen molar-refractivity contribution in [3.8, 4) is 50.5 Å². The predicted octanol–water partition coefficient (Wildman–Crippen LogP) is 9.94. The molecule has 0 amide bonds. The van der Waals surface area contributed by atoms with E-state index in [0.717, 1.165) is 7.28 Å². The summed E-state index contributed by atoms with van der Waals surface area (Å²) in [6.45, 7) is 9.64. The summed E-state index contributed by atoms with van der Waals surface area (Å²) < 4.78 is 2.68. The first-order valence-corrected chi connectivity index (χ1v) is 19.0. The Balaban J connectivity index is 1.19. The molecule has 13 rings (SSSR count). The van der Waals surface area contributed by atoms with E-state index < -0.39 is 0 Å². The van der Waals surface area contributed by atoms with Gasteiger partial charge in [0.15, 0.2) is 7.28 Å². The highest BCUT2D eigenvalue weighted by Gasteiger charge is 2.49. The fourth-order valence-corrected chi connectivity index (χ4v) is 11.7. The molecule has 6 aromatic carbocycles. The zero-order chi connectivity index (χ0) is 34.4. The Morgan fingerprint density at radius 2 is 1.44 bits per heavy atom. The normalized spacial score (nSPS) is 19.4. The van der Waals surface area contributed by atoms with Gasteiger partial charge in [-0.2, -0.15) is 0 Å². The van der Waals surface area contributed by atoms with Crippen molar-refractivity contribution in [2.24, 2.45) is 0 Å². The van der Waals surface area contributed by atoms with Crippen molar-refractivity contribution >= 4 is 40.0 Å². The quantitative estimate of drug-likeness (QED) is 0.169. The minimum atomic E-state index is -0.0896. The van der Waals surface area contributed by atoms with Gasteiger partial charge in [-0.05, 0) is 86.4 Å². The predicted molar refractivity (Wildman–Crippen MR) is 215 cm³/mol. The summed E-state index contributed by atoms with van der Waals surface area (Å²) in [4.78, 5) is 4.10. The van der Waals surface area contributed by atoms with Gasteiger partial charge in [-0.1, -0.05) is 130 Å². The molecule has 0 radical (unpaired) electrons. The van der Waals surface area contributed by atoms with E-state index in [-0.39, 0.29) is 10.8 Å². The number of benzene rings is 5. The number of nitrogens with zero attached hydrogens (tertiary/aromatic N) is 1. The van der Waals surface area contributed by atoms with Crippen LogP contribution in [0.15, 0.2) is 103 Å². The molecule has 1 saturated carbocycles. The lowest BCUT2D eigenvalue weighted by Gasteiger charge is -2.30. The van der Waals surface area contributed by atoms with Crippen LogP contribution in [0.2, 0.25) is 0 Å². The van der Waals surface area contributed by atoms with Crippen LogP contribution >= 0.6 is 0 Å². The first-order valence-electron chi connectivity index (χ1n) is 19.0. The highest BCUT2D eigenvalue weighted by molar-refractivity contribution is 6.73. The Kier molecular flexibility index (Phi) is 4.74. The highest BCUT2D eigenvalue weighted by atomic mass is 15.0. The molecule has 0 spiro atoms. The Morgan fingerprint density at radius 3 is 2.31 bits per heavy atom. The van der Waals surface area contributed by atoms with Crippen LogP contribution < -0.4 is 10.9 Å². The zero-order valence-electron chi connectivity index (χ0n) is 29.8. The van der Waals surface area contributed by atoms with E-state index in [4.69, 9.17) is 0 Å². The fourth-order valence-electron chi connectivity index (χ4n) is 11.7. The number of para-hydroxylation sites is 2. The van der Waals surface area contributed by atoms with Crippen molar-refractivity contribution < 1.29 is 0 Å². The number of rotatable bonds is 1. The van der Waals surface area contributed by atoms with Crippen LogP contribution in [0, 0.1) is 12.1 Å². The van der Waals surface area contributed by atoms with Gasteiger partial charge in [-0.25, -0.2) is 0 Å². The van der Waals surface area contributed by atoms with E-state index in [1.54, 1.807) is 0 Å². The smallest absolute Gasteiger partial charge is 0.198 e. The molecule has 2 atom stereocenters. The molecule has 3 heterocycles. The molecule has 5 aliphatic rings. The first kappa shape index (κ1) is 27.9. The molecule has 1 fully saturated rings. The molecule has 2 nitrogen and oxygen atoms in total. The number of H-pyrrole nitrogens is 1. The lowest BCUT2D eigenvalue weighted by Crippen LogP contribution is -2.38. The van der Waals surface area contributed by atoms with Crippen LogP contribution in [0.1, 0.15) is 79.3 Å². The van der Waals surface area contributed by atoms with Gasteiger partial charge in [0.1, 0.15) is 0 Å². The molecule has 1 aliphatic heterocycles. The van der Waals surface area contributed by atoms with Gasteiger partial charge < -0.3 is 9.55 Å². The van der Waals surface area contributed by atoms with Crippen molar-refractivity contribution in [3.05, 3.63) is 149 Å². The SMILES string of the molecule is CC1(C)c2ccccc2-c2[nH]c3c(-c4c5c(cc6c4[C@H]4CC4c4c#cccc4-6)-n4c6c(c7cccc(c74)B5)C(C)(C)c4ccccc4-6)cccc3c21. The van der Waals surface area contributed by atoms with Gasteiger partial charge in [0, 0.05) is 55.1 Å². The molecular weight excluding hydrogens is 627 g/mol. The zero-order valence-corrected chi connectivity index (χ0v) is 29.8. The van der Waals surface area contributed by atoms with Crippen LogP contribution in [0.5, 0.6) is 0 Å². The third-order valence-corrected chi connectivity index (χ3v) is 13.9. The summed E-state index contributed by atoms with van der Waals surface area (Å²) in [5.74, 6) is 1.01. The Morgan fingerprint density at radius 1 is 0.712 bits per heavy atom. The minimum absolute atomic E-state index is 0.0817. The van der Waals surface area contributed by atoms with E-state index in [0.29, 0.717) is 11.8 Å². The van der Waals surface area contributed by atoms with E-state index >= 15 is 0 Å². The molecule has 2 aromatic heterocycles. The average Bonchev–Trinajstić information content (AvgIpc) is 3.55. The number of hydrogen-bond donors (Lipinski definition) is 1. The molecule has 1 N–H and O–H groups in total. The maximum absolute atomic E-state index is 4.10. The number of aromatic nitrogens is 2. The first-order chi connectivity index (χ1) is 25.3. The maximum Gasteiger partial charge on any atom is 0.198 e. The highest BCUT2D eigenvalue weighted by Crippen LogP contribution is 2.64. The van der Waals surface area contributed by atoms with Gasteiger partial charge in [-0.15, -0.1) is 0 Å². The van der Waals surface area contributed by atoms with E-state index in [1.165, 1.54) is 123 Å². The number of nitrogens with one attached hydrogen (secondary N) is 1. The molecule has 0 saturated heterocycles. The van der Waals surface area contributed by atoms with Gasteiger partial charge >= 0.3 is 0 Å². The molecular formula is C49H35BN2. The van der Waals surface area contributed by atoms with Crippen molar-refractivity contribution in [1.29, 1.82) is 0 Å². The van der Waals surface area contributed by atoms with E-state index in [2.05, 4.69) is 153 Å². The molecule has 4 aliphatic carbocycles. The number of fused-ring (bicyclic) bond motifs is 18. The third-order valence-electron chi connectivity index (χ3n) is 13.9. The fraction of sp³-hybridized carbons (Fsp3) is 0.184. The maximum atomic E-state index is 4.10. The van der Waals surface area contributed by atoms with Gasteiger partial charge in [-0.3, -0.25) is 0 Å². The van der Waals surface area contributed by atoms with E-state index in [1.807, 2.05) is 0 Å². The van der Waals surface area contributed by atoms with Gasteiger partial charge in [0.25, 0.3) is 0 Å². The topological polar surface area (TPSA) is 20.7 Å². The van der Waals surface area contributed by atoms with Crippen molar-refractivity contribution in [2.45, 2.75) is 56.8 Å². The Hall–Kier alpha value is -5.72. The second-order valence-corrected chi connectivity index (χ2v) is 17.1. The molecule has 1 unspecified atom stereocenters. The molecule has 3 heteroatoms. The third kappa shape index (κ3) is 3.04. The largest absolute Gasteiger partial charge is 0.354 e. The minimum Gasteiger partial charge on any atom is -0.354 e. The number of aromatic amines is 1. The van der Waals surface area contributed by atoms with Gasteiger partial charge in [0.2, 0.25) is 0 Å². The summed E-state index contributed by atoms with van der Waals surface area (Å²) in [6.07, 6.45) is 1.18.